The average Bonchev–Trinajstić information content (AvgIpc) is 1.86. The topological polar surface area (TPSA) is 34.1 Å². The SMILES string of the molecule is Cc1ccccc1S(=O)(=O)[S-].[Na+]. The third-order valence-corrected chi connectivity index (χ3v) is 2.90. The molecule has 0 atom stereocenters. The first kappa shape index (κ1) is 12.5. The van der Waals surface area contributed by atoms with Gasteiger partial charge in [-0.25, -0.2) is 8.42 Å². The average molecular weight is 210 g/mol. The first-order valence-corrected chi connectivity index (χ1v) is 5.44. The van der Waals surface area contributed by atoms with Crippen molar-refractivity contribution in [3.63, 3.8) is 0 Å². The summed E-state index contributed by atoms with van der Waals surface area (Å²) in [4.78, 5) is 0.231. The van der Waals surface area contributed by atoms with Crippen LogP contribution in [0.3, 0.4) is 0 Å². The van der Waals surface area contributed by atoms with E-state index in [-0.39, 0.29) is 34.5 Å². The standard InChI is InChI=1S/C7H8O2S2.Na/c1-6-4-2-3-5-7(6)11(8,9)10;/h2-5H,1H3,(H,8,9,10);/q;+1/p-1. The Morgan fingerprint density at radius 3 is 2.08 bits per heavy atom. The molecule has 0 saturated heterocycles. The van der Waals surface area contributed by atoms with E-state index >= 15 is 0 Å². The van der Waals surface area contributed by atoms with Crippen molar-refractivity contribution in [1.29, 1.82) is 0 Å². The van der Waals surface area contributed by atoms with Crippen molar-refractivity contribution in [2.45, 2.75) is 11.8 Å². The maximum absolute atomic E-state index is 10.9. The van der Waals surface area contributed by atoms with Gasteiger partial charge in [-0.1, -0.05) is 18.2 Å². The molecule has 0 saturated carbocycles. The maximum Gasteiger partial charge on any atom is 1.00 e. The fourth-order valence-corrected chi connectivity index (χ4v) is 2.11. The monoisotopic (exact) mass is 210 g/mol. The molecule has 5 heteroatoms. The molecule has 1 rings (SSSR count). The van der Waals surface area contributed by atoms with Crippen molar-refractivity contribution in [3.05, 3.63) is 29.8 Å². The third kappa shape index (κ3) is 3.11. The zero-order valence-corrected chi connectivity index (χ0v) is 10.6. The van der Waals surface area contributed by atoms with Gasteiger partial charge >= 0.3 is 29.6 Å². The molecule has 1 aromatic rings. The van der Waals surface area contributed by atoms with Gasteiger partial charge < -0.3 is 11.7 Å². The molecular weight excluding hydrogens is 203 g/mol. The number of benzene rings is 1. The second-order valence-electron chi connectivity index (χ2n) is 2.22. The predicted molar refractivity (Wildman–Crippen MR) is 45.7 cm³/mol. The van der Waals surface area contributed by atoms with E-state index in [2.05, 4.69) is 11.7 Å². The molecule has 0 heterocycles. The molecule has 2 nitrogen and oxygen atoms in total. The van der Waals surface area contributed by atoms with E-state index in [1.54, 1.807) is 25.1 Å². The molecule has 0 aliphatic heterocycles. The largest absolute Gasteiger partial charge is 1.00 e. The molecule has 0 amide bonds. The van der Waals surface area contributed by atoms with E-state index in [1.807, 2.05) is 0 Å². The number of hydrogen-bond acceptors (Lipinski definition) is 3. The molecule has 0 aromatic heterocycles. The van der Waals surface area contributed by atoms with Gasteiger partial charge in [0.25, 0.3) is 0 Å². The fourth-order valence-electron chi connectivity index (χ4n) is 0.837. The Labute approximate surface area is 99.4 Å². The van der Waals surface area contributed by atoms with Gasteiger partial charge in [0.1, 0.15) is 0 Å². The molecule has 0 radical (unpaired) electrons. The summed E-state index contributed by atoms with van der Waals surface area (Å²) in [7, 11) is -3.45. The quantitative estimate of drug-likeness (QED) is 0.313. The molecule has 0 spiro atoms. The molecule has 0 unspecified atom stereocenters. The Bertz CT molecular complexity index is 359. The molecule has 0 fully saturated rings. The van der Waals surface area contributed by atoms with Crippen LogP contribution in [-0.2, 0) is 20.5 Å². The third-order valence-electron chi connectivity index (χ3n) is 1.36. The Balaban J connectivity index is 0.00000121. The predicted octanol–water partition coefficient (Wildman–Crippen LogP) is -1.77. The van der Waals surface area contributed by atoms with Crippen molar-refractivity contribution >= 4 is 20.5 Å². The summed E-state index contributed by atoms with van der Waals surface area (Å²) >= 11 is 4.31. The van der Waals surface area contributed by atoms with E-state index in [4.69, 9.17) is 0 Å². The summed E-state index contributed by atoms with van der Waals surface area (Å²) in [5, 5.41) is 0. The van der Waals surface area contributed by atoms with Gasteiger partial charge in [-0.15, -0.1) is 0 Å². The van der Waals surface area contributed by atoms with Gasteiger partial charge in [0, 0.05) is 4.90 Å². The molecule has 12 heavy (non-hydrogen) atoms. The number of aryl methyl sites for hydroxylation is 1. The molecule has 60 valence electrons. The molecule has 0 aliphatic carbocycles. The van der Waals surface area contributed by atoms with Gasteiger partial charge in [-0.2, -0.15) is 0 Å². The fraction of sp³-hybridized carbons (Fsp3) is 0.143. The van der Waals surface area contributed by atoms with Gasteiger partial charge in [0.15, 0.2) is 0 Å². The summed E-state index contributed by atoms with van der Waals surface area (Å²) < 4.78 is 21.7. The van der Waals surface area contributed by atoms with Gasteiger partial charge in [-0.05, 0) is 18.6 Å². The molecule has 0 bridgehead atoms. The number of hydrogen-bond donors (Lipinski definition) is 0. The minimum atomic E-state index is -3.45. The summed E-state index contributed by atoms with van der Waals surface area (Å²) in [6, 6.07) is 6.67. The van der Waals surface area contributed by atoms with Gasteiger partial charge in [0.2, 0.25) is 0 Å². The van der Waals surface area contributed by atoms with Crippen LogP contribution in [0.5, 0.6) is 0 Å². The van der Waals surface area contributed by atoms with Crippen LogP contribution in [0.2, 0.25) is 0 Å². The summed E-state index contributed by atoms with van der Waals surface area (Å²) in [6.45, 7) is 1.72. The van der Waals surface area contributed by atoms with Crippen LogP contribution >= 0.6 is 0 Å². The summed E-state index contributed by atoms with van der Waals surface area (Å²) in [6.07, 6.45) is 0. The van der Waals surface area contributed by atoms with Crippen LogP contribution in [0.1, 0.15) is 5.56 Å². The van der Waals surface area contributed by atoms with E-state index in [0.29, 0.717) is 5.56 Å². The Kier molecular flexibility index (Phi) is 4.87. The van der Waals surface area contributed by atoms with Crippen LogP contribution < -0.4 is 29.6 Å². The second kappa shape index (κ2) is 4.67. The van der Waals surface area contributed by atoms with Crippen LogP contribution in [0.15, 0.2) is 29.2 Å². The molecular formula is C7H7NaO2S2. The zero-order valence-electron chi connectivity index (χ0n) is 6.94. The minimum absolute atomic E-state index is 0. The zero-order chi connectivity index (χ0) is 8.48. The molecule has 1 aromatic carbocycles. The van der Waals surface area contributed by atoms with Crippen LogP contribution in [0.25, 0.3) is 0 Å². The van der Waals surface area contributed by atoms with E-state index < -0.39 is 8.87 Å². The summed E-state index contributed by atoms with van der Waals surface area (Å²) in [5.74, 6) is 0. The van der Waals surface area contributed by atoms with Crippen molar-refractivity contribution in [3.8, 4) is 0 Å². The normalized spacial score (nSPS) is 10.5. The molecule has 0 N–H and O–H groups in total. The smallest absolute Gasteiger partial charge is 0.644 e. The first-order valence-electron chi connectivity index (χ1n) is 3.03. The maximum atomic E-state index is 10.9. The second-order valence-corrected chi connectivity index (χ2v) is 4.88. The minimum Gasteiger partial charge on any atom is -0.644 e. The van der Waals surface area contributed by atoms with Gasteiger partial charge in [-0.3, -0.25) is 0 Å². The van der Waals surface area contributed by atoms with Crippen LogP contribution in [-0.4, -0.2) is 8.42 Å². The van der Waals surface area contributed by atoms with Crippen LogP contribution in [0, 0.1) is 6.92 Å². The van der Waals surface area contributed by atoms with Crippen molar-refractivity contribution in [2.75, 3.05) is 0 Å². The van der Waals surface area contributed by atoms with Gasteiger partial charge in [0.05, 0.1) is 8.87 Å². The first-order chi connectivity index (χ1) is 5.02. The Morgan fingerprint density at radius 1 is 1.25 bits per heavy atom. The Morgan fingerprint density at radius 2 is 1.75 bits per heavy atom. The van der Waals surface area contributed by atoms with E-state index in [1.165, 1.54) is 6.07 Å². The Hall–Kier alpha value is 0.520. The van der Waals surface area contributed by atoms with Crippen molar-refractivity contribution < 1.29 is 38.0 Å². The van der Waals surface area contributed by atoms with Crippen molar-refractivity contribution in [2.24, 2.45) is 0 Å². The van der Waals surface area contributed by atoms with E-state index in [9.17, 15) is 8.42 Å². The van der Waals surface area contributed by atoms with E-state index in [0.717, 1.165) is 0 Å². The molecule has 0 aliphatic rings. The van der Waals surface area contributed by atoms with Crippen molar-refractivity contribution in [1.82, 2.24) is 0 Å². The summed E-state index contributed by atoms with van der Waals surface area (Å²) in [5.41, 5.74) is 0.697. The number of rotatable bonds is 1. The van der Waals surface area contributed by atoms with Crippen LogP contribution in [0.4, 0.5) is 0 Å².